The molecule has 0 aromatic carbocycles. The fourth-order valence-electron chi connectivity index (χ4n) is 0.573. The predicted molar refractivity (Wildman–Crippen MR) is 79.6 cm³/mol. The van der Waals surface area contributed by atoms with E-state index >= 15 is 0 Å². The maximum absolute atomic E-state index is 9.55. The van der Waals surface area contributed by atoms with Gasteiger partial charge in [0.15, 0.2) is 0 Å². The molecular formula is C12H21N3O8. The Balaban J connectivity index is -0.000000262. The van der Waals surface area contributed by atoms with E-state index in [9.17, 15) is 19.2 Å². The number of carboxylic acids is 4. The summed E-state index contributed by atoms with van der Waals surface area (Å²) < 4.78 is 0. The minimum atomic E-state index is -1.26. The van der Waals surface area contributed by atoms with Gasteiger partial charge in [-0.05, 0) is 14.1 Å². The van der Waals surface area contributed by atoms with E-state index in [0.29, 0.717) is 24.3 Å². The van der Waals surface area contributed by atoms with Crippen molar-refractivity contribution in [2.24, 2.45) is 5.84 Å². The number of nitrogens with one attached hydrogen (secondary N) is 1. The minimum Gasteiger partial charge on any atom is -0.478 e. The maximum Gasteiger partial charge on any atom is 0.328 e. The summed E-state index contributed by atoms with van der Waals surface area (Å²) in [6.45, 7) is 1.85. The van der Waals surface area contributed by atoms with E-state index in [0.717, 1.165) is 13.1 Å². The van der Waals surface area contributed by atoms with Crippen molar-refractivity contribution in [1.82, 2.24) is 10.3 Å². The van der Waals surface area contributed by atoms with Gasteiger partial charge in [0.25, 0.3) is 0 Å². The van der Waals surface area contributed by atoms with E-state index in [1.165, 1.54) is 0 Å². The molecule has 0 unspecified atom stereocenters. The maximum atomic E-state index is 9.55. The van der Waals surface area contributed by atoms with Gasteiger partial charge in [-0.25, -0.2) is 19.2 Å². The second kappa shape index (κ2) is 17.3. The summed E-state index contributed by atoms with van der Waals surface area (Å²) in [6, 6.07) is 0. The van der Waals surface area contributed by atoms with Crippen molar-refractivity contribution >= 4 is 23.9 Å². The van der Waals surface area contributed by atoms with Crippen LogP contribution in [-0.4, -0.2) is 76.4 Å². The van der Waals surface area contributed by atoms with Crippen LogP contribution >= 0.6 is 0 Å². The van der Waals surface area contributed by atoms with Gasteiger partial charge in [-0.2, -0.15) is 0 Å². The van der Waals surface area contributed by atoms with E-state index in [2.05, 4.69) is 10.3 Å². The molecule has 0 fully saturated rings. The van der Waals surface area contributed by atoms with Crippen LogP contribution in [0.2, 0.25) is 0 Å². The Morgan fingerprint density at radius 2 is 1.09 bits per heavy atom. The first-order valence-corrected chi connectivity index (χ1v) is 5.89. The third kappa shape index (κ3) is 45.3. The molecule has 0 aromatic rings. The zero-order chi connectivity index (χ0) is 18.8. The van der Waals surface area contributed by atoms with Crippen LogP contribution in [0.25, 0.3) is 0 Å². The van der Waals surface area contributed by atoms with Crippen molar-refractivity contribution in [1.29, 1.82) is 0 Å². The van der Waals surface area contributed by atoms with Crippen molar-refractivity contribution in [2.45, 2.75) is 0 Å². The number of hydrogen-bond donors (Lipinski definition) is 6. The monoisotopic (exact) mass is 335 g/mol. The Bertz CT molecular complexity index is 366. The Morgan fingerprint density at radius 3 is 1.17 bits per heavy atom. The minimum absolute atomic E-state index is 0.558. The highest BCUT2D eigenvalue weighted by atomic mass is 16.4. The molecule has 7 N–H and O–H groups in total. The molecule has 11 heteroatoms. The lowest BCUT2D eigenvalue weighted by molar-refractivity contribution is -0.134. The number of nitrogens with two attached hydrogens (primary N) is 1. The molecule has 0 heterocycles. The van der Waals surface area contributed by atoms with Crippen LogP contribution in [0.4, 0.5) is 0 Å². The van der Waals surface area contributed by atoms with Crippen molar-refractivity contribution in [3.8, 4) is 0 Å². The van der Waals surface area contributed by atoms with Crippen LogP contribution in [0, 0.1) is 0 Å². The summed E-state index contributed by atoms with van der Waals surface area (Å²) in [5, 5.41) is 31.2. The number of hydrogen-bond acceptors (Lipinski definition) is 7. The summed E-state index contributed by atoms with van der Waals surface area (Å²) >= 11 is 0. The Kier molecular flexibility index (Phi) is 19.0. The van der Waals surface area contributed by atoms with Gasteiger partial charge in [0.1, 0.15) is 0 Å². The van der Waals surface area contributed by atoms with Gasteiger partial charge in [0.2, 0.25) is 0 Å². The quantitative estimate of drug-likeness (QED) is 0.179. The molecule has 0 saturated heterocycles. The molecule has 0 aliphatic carbocycles. The molecule has 11 nitrogen and oxygen atoms in total. The highest BCUT2D eigenvalue weighted by Crippen LogP contribution is 1.71. The van der Waals surface area contributed by atoms with Crippen molar-refractivity contribution < 1.29 is 39.6 Å². The second-order valence-corrected chi connectivity index (χ2v) is 3.78. The fraction of sp³-hybridized carbons (Fsp3) is 0.333. The smallest absolute Gasteiger partial charge is 0.328 e. The van der Waals surface area contributed by atoms with E-state index in [4.69, 9.17) is 26.3 Å². The first-order valence-electron chi connectivity index (χ1n) is 5.89. The molecule has 23 heavy (non-hydrogen) atoms. The van der Waals surface area contributed by atoms with Crippen molar-refractivity contribution in [2.75, 3.05) is 27.2 Å². The molecule has 0 spiro atoms. The van der Waals surface area contributed by atoms with Gasteiger partial charge >= 0.3 is 23.9 Å². The zero-order valence-corrected chi connectivity index (χ0v) is 12.7. The summed E-state index contributed by atoms with van der Waals surface area (Å²) in [4.78, 5) is 40.3. The lowest BCUT2D eigenvalue weighted by Gasteiger charge is -2.06. The number of aliphatic carboxylic acids is 4. The van der Waals surface area contributed by atoms with Crippen LogP contribution in [0.3, 0.4) is 0 Å². The van der Waals surface area contributed by atoms with Crippen LogP contribution in [0.5, 0.6) is 0 Å². The number of carboxylic acid groups (broad SMARTS) is 4. The van der Waals surface area contributed by atoms with Gasteiger partial charge in [-0.15, -0.1) is 0 Å². The highest BCUT2D eigenvalue weighted by Gasteiger charge is 1.88. The highest BCUT2D eigenvalue weighted by molar-refractivity contribution is 5.90. The lowest BCUT2D eigenvalue weighted by atomic mass is 10.5. The number of carbonyl (C=O) groups is 4. The molecule has 0 aliphatic heterocycles. The molecule has 0 bridgehead atoms. The van der Waals surface area contributed by atoms with Gasteiger partial charge in [0, 0.05) is 37.4 Å². The van der Waals surface area contributed by atoms with Gasteiger partial charge < -0.3 is 25.3 Å². The normalized spacial score (nSPS) is 9.74. The molecule has 0 atom stereocenters. The largest absolute Gasteiger partial charge is 0.478 e. The molecule has 0 rings (SSSR count). The molecule has 0 aliphatic rings. The topological polar surface area (TPSA) is 190 Å². The molecule has 0 saturated carbocycles. The third-order valence-electron chi connectivity index (χ3n) is 1.44. The second-order valence-electron chi connectivity index (χ2n) is 3.78. The molecule has 0 amide bonds. The SMILES string of the molecule is CN(C)CCNN.O=C(O)/C=C\C(=O)O.O=C(O)/C=C\C(=O)O. The number of hydrazine groups is 1. The van der Waals surface area contributed by atoms with E-state index in [1.54, 1.807) is 0 Å². The van der Waals surface area contributed by atoms with Gasteiger partial charge in [0.05, 0.1) is 0 Å². The number of rotatable bonds is 7. The summed E-state index contributed by atoms with van der Waals surface area (Å²) in [5.41, 5.74) is 2.56. The van der Waals surface area contributed by atoms with Crippen molar-refractivity contribution in [3.05, 3.63) is 24.3 Å². The van der Waals surface area contributed by atoms with Crippen LogP contribution in [0.1, 0.15) is 0 Å². The van der Waals surface area contributed by atoms with Crippen molar-refractivity contribution in [3.63, 3.8) is 0 Å². The van der Waals surface area contributed by atoms with Gasteiger partial charge in [-0.1, -0.05) is 0 Å². The first kappa shape index (κ1) is 25.2. The molecular weight excluding hydrogens is 314 g/mol. The van der Waals surface area contributed by atoms with E-state index < -0.39 is 23.9 Å². The summed E-state index contributed by atoms with van der Waals surface area (Å²) in [7, 11) is 4.02. The third-order valence-corrected chi connectivity index (χ3v) is 1.44. The average Bonchev–Trinajstić information content (AvgIpc) is 2.42. The summed E-state index contributed by atoms with van der Waals surface area (Å²) in [5.74, 6) is -0.0280. The standard InChI is InChI=1S/C4H13N3.2C4H4O4/c1-7(2)4-3-6-5;2*5-3(6)1-2-4(7)8/h6H,3-5H2,1-2H3;2*1-2H,(H,5,6)(H,7,8)/b;2*2-1-. The first-order chi connectivity index (χ1) is 10.5. The Hall–Kier alpha value is -2.76. The number of likely N-dealkylation sites (N-methyl/N-ethyl adjacent to an activating group) is 1. The van der Waals surface area contributed by atoms with Gasteiger partial charge in [-0.3, -0.25) is 11.3 Å². The van der Waals surface area contributed by atoms with Crippen LogP contribution in [0.15, 0.2) is 24.3 Å². The van der Waals surface area contributed by atoms with E-state index in [-0.39, 0.29) is 0 Å². The predicted octanol–water partition coefficient (Wildman–Crippen LogP) is -1.57. The Morgan fingerprint density at radius 1 is 0.826 bits per heavy atom. The zero-order valence-electron chi connectivity index (χ0n) is 12.7. The molecule has 0 radical (unpaired) electrons. The number of nitrogens with zero attached hydrogens (tertiary/aromatic N) is 1. The van der Waals surface area contributed by atoms with Crippen LogP contribution in [-0.2, 0) is 19.2 Å². The summed E-state index contributed by atoms with van der Waals surface area (Å²) in [6.07, 6.45) is 2.23. The van der Waals surface area contributed by atoms with E-state index in [1.807, 2.05) is 14.1 Å². The average molecular weight is 335 g/mol. The Labute approximate surface area is 132 Å². The fourth-order valence-corrected chi connectivity index (χ4v) is 0.573. The molecule has 0 aromatic heterocycles. The van der Waals surface area contributed by atoms with Crippen LogP contribution < -0.4 is 11.3 Å². The lowest BCUT2D eigenvalue weighted by Crippen LogP contribution is -2.30. The molecule has 132 valence electrons.